The van der Waals surface area contributed by atoms with E-state index in [1.807, 2.05) is 60.4 Å². The number of rotatable bonds is 29. The third-order valence-electron chi connectivity index (χ3n) is 15.4. The lowest BCUT2D eigenvalue weighted by Crippen LogP contribution is -2.70. The van der Waals surface area contributed by atoms with Crippen LogP contribution in [0, 0.1) is 24.7 Å². The molecule has 0 bridgehead atoms. The summed E-state index contributed by atoms with van der Waals surface area (Å²) in [5, 5.41) is 25.3. The van der Waals surface area contributed by atoms with E-state index in [9.17, 15) is 10.2 Å². The van der Waals surface area contributed by atoms with Gasteiger partial charge in [0.25, 0.3) is 0 Å². The van der Waals surface area contributed by atoms with Crippen molar-refractivity contribution in [1.82, 2.24) is 9.88 Å². The molecule has 72 heavy (non-hydrogen) atoms. The van der Waals surface area contributed by atoms with Gasteiger partial charge in [0.05, 0.1) is 30.5 Å². The quantitative estimate of drug-likeness (QED) is 0.0389. The lowest BCUT2D eigenvalue weighted by Gasteiger charge is -2.60. The van der Waals surface area contributed by atoms with E-state index in [0.717, 1.165) is 98.0 Å². The summed E-state index contributed by atoms with van der Waals surface area (Å²) in [5.74, 6) is 0.809. The van der Waals surface area contributed by atoms with Crippen LogP contribution in [0.3, 0.4) is 0 Å². The minimum Gasteiger partial charge on any atom is -0.487 e. The van der Waals surface area contributed by atoms with Gasteiger partial charge in [-0.1, -0.05) is 101 Å². The molecule has 3 aromatic rings. The monoisotopic (exact) mass is 992 g/mol. The predicted molar refractivity (Wildman–Crippen MR) is 278 cm³/mol. The Morgan fingerprint density at radius 1 is 0.903 bits per heavy atom. The maximum Gasteiger partial charge on any atom is 0.239 e. The van der Waals surface area contributed by atoms with Crippen LogP contribution in [0.4, 0.5) is 0 Å². The van der Waals surface area contributed by atoms with Crippen molar-refractivity contribution in [2.24, 2.45) is 22.9 Å². The van der Waals surface area contributed by atoms with Crippen molar-refractivity contribution in [3.63, 3.8) is 0 Å². The van der Waals surface area contributed by atoms with E-state index in [2.05, 4.69) is 25.6 Å². The zero-order valence-corrected chi connectivity index (χ0v) is 43.1. The second kappa shape index (κ2) is 26.8. The molecule has 2 fully saturated rings. The number of aromatic nitrogens is 1. The molecule has 392 valence electrons. The Morgan fingerprint density at radius 2 is 1.68 bits per heavy atom. The topological polar surface area (TPSA) is 151 Å². The number of fused-ring (bicyclic) bond motifs is 3. The summed E-state index contributed by atoms with van der Waals surface area (Å²) < 4.78 is 39.2. The van der Waals surface area contributed by atoms with E-state index in [0.29, 0.717) is 61.9 Å². The van der Waals surface area contributed by atoms with Crippen molar-refractivity contribution < 1.29 is 48.3 Å². The van der Waals surface area contributed by atoms with Crippen LogP contribution in [0.15, 0.2) is 84.1 Å². The Morgan fingerprint density at radius 3 is 2.44 bits per heavy atom. The fourth-order valence-corrected chi connectivity index (χ4v) is 11.8. The molecule has 0 radical (unpaired) electrons. The van der Waals surface area contributed by atoms with Crippen LogP contribution in [0.2, 0.25) is 0 Å². The number of ether oxygens (including phenoxy) is 6. The number of amides is 1. The van der Waals surface area contributed by atoms with Gasteiger partial charge in [-0.25, -0.2) is 0 Å². The molecule has 1 saturated carbocycles. The van der Waals surface area contributed by atoms with Gasteiger partial charge in [0.15, 0.2) is 11.5 Å². The van der Waals surface area contributed by atoms with Crippen molar-refractivity contribution in [3.8, 4) is 23.0 Å². The molecular weight excluding hydrogens is 911 g/mol. The normalized spacial score (nSPS) is 24.4. The first-order chi connectivity index (χ1) is 35.3. The van der Waals surface area contributed by atoms with Gasteiger partial charge in [0.1, 0.15) is 24.1 Å². The third-order valence-corrected chi connectivity index (χ3v) is 15.4. The molecule has 13 nitrogen and oxygen atoms in total. The molecule has 1 unspecified atom stereocenters. The van der Waals surface area contributed by atoms with E-state index in [1.54, 1.807) is 6.08 Å². The molecule has 2 aromatic carbocycles. The Bertz CT molecular complexity index is 2280. The maximum atomic E-state index is 15.4. The Balaban J connectivity index is 1.25. The summed E-state index contributed by atoms with van der Waals surface area (Å²) in [4.78, 5) is 28.6. The highest BCUT2D eigenvalue weighted by atomic mass is 16.8. The largest absolute Gasteiger partial charge is 0.487 e. The molecule has 7 atom stereocenters. The number of unbranched alkanes of at least 4 members (excludes halogenated alkanes) is 10. The summed E-state index contributed by atoms with van der Waals surface area (Å²) in [5.41, 5.74) is 5.39. The molecule has 1 amide bonds. The zero-order valence-electron chi connectivity index (χ0n) is 43.1. The summed E-state index contributed by atoms with van der Waals surface area (Å²) in [7, 11) is 0. The van der Waals surface area contributed by atoms with E-state index >= 15 is 4.79 Å². The maximum absolute atomic E-state index is 15.4. The molecule has 1 aromatic heterocycles. The highest BCUT2D eigenvalue weighted by Crippen LogP contribution is 2.62. The standard InChI is InChI=1S/C59H81N3O10/c1-4-6-7-8-9-10-11-12-13-25-55(65)62(39-43-27-29-52-53(35-43)69-41-68-52)54-38-50(61-72-56-26-16-19-34-66-56)48-36-44(22-14-17-31-63)47(24-15-18-32-64)57-49-37-46(67-40-45-23-20-21-42(3)60-45)28-30-51(49)71-59(54,58(48)57)70-33-5-2/h5,20-21,23,27-30,35-37,44,47,54,56-58,63-64H,2,4,6-19,22,24-26,31-34,38-41H2,1,3H3/t44-,47+,54-,56?,57+,58+,59+/m0/s1. The Hall–Kier alpha value is -4.95. The fraction of sp³-hybridized carbons (Fsp3) is 0.610. The Labute approximate surface area is 428 Å². The summed E-state index contributed by atoms with van der Waals surface area (Å²) in [6.07, 6.45) is 22.0. The van der Waals surface area contributed by atoms with Crippen molar-refractivity contribution in [1.29, 1.82) is 0 Å². The van der Waals surface area contributed by atoms with Gasteiger partial charge in [-0.3, -0.25) is 9.78 Å². The first kappa shape index (κ1) is 53.3. The first-order valence-electron chi connectivity index (χ1n) is 27.4. The average molecular weight is 992 g/mol. The van der Waals surface area contributed by atoms with Gasteiger partial charge in [0.2, 0.25) is 24.8 Å². The third kappa shape index (κ3) is 13.2. The number of aliphatic hydroxyl groups is 2. The van der Waals surface area contributed by atoms with Crippen molar-refractivity contribution in [3.05, 3.63) is 101 Å². The van der Waals surface area contributed by atoms with Gasteiger partial charge in [-0.2, -0.15) is 0 Å². The summed E-state index contributed by atoms with van der Waals surface area (Å²) in [6.45, 7) is 10.1. The zero-order chi connectivity index (χ0) is 50.1. The minimum absolute atomic E-state index is 0.0159. The van der Waals surface area contributed by atoms with Gasteiger partial charge in [-0.05, 0) is 117 Å². The fourth-order valence-electron chi connectivity index (χ4n) is 11.8. The number of benzene rings is 2. The second-order valence-electron chi connectivity index (χ2n) is 20.5. The number of pyridine rings is 1. The second-order valence-corrected chi connectivity index (χ2v) is 20.5. The van der Waals surface area contributed by atoms with Crippen molar-refractivity contribution in [2.75, 3.05) is 33.2 Å². The molecule has 1 saturated heterocycles. The van der Waals surface area contributed by atoms with E-state index < -0.39 is 24.0 Å². The van der Waals surface area contributed by atoms with Crippen LogP contribution < -0.4 is 18.9 Å². The lowest BCUT2D eigenvalue weighted by atomic mass is 9.55. The molecule has 2 aliphatic carbocycles. The first-order valence-corrected chi connectivity index (χ1v) is 27.4. The molecule has 2 N–H and O–H groups in total. The summed E-state index contributed by atoms with van der Waals surface area (Å²) in [6, 6.07) is 17.3. The highest BCUT2D eigenvalue weighted by Gasteiger charge is 2.65. The van der Waals surface area contributed by atoms with Crippen molar-refractivity contribution >= 4 is 11.6 Å². The van der Waals surface area contributed by atoms with E-state index in [4.69, 9.17) is 43.4 Å². The van der Waals surface area contributed by atoms with Gasteiger partial charge in [-0.15, -0.1) is 6.58 Å². The average Bonchev–Trinajstić information content (AvgIpc) is 3.87. The molecule has 8 rings (SSSR count). The van der Waals surface area contributed by atoms with E-state index in [1.165, 1.54) is 38.5 Å². The van der Waals surface area contributed by atoms with Crippen LogP contribution in [-0.2, 0) is 32.3 Å². The predicted octanol–water partition coefficient (Wildman–Crippen LogP) is 11.8. The number of carbonyl (C=O) groups excluding carboxylic acids is 1. The molecule has 13 heteroatoms. The number of allylic oxidation sites excluding steroid dienone is 1. The van der Waals surface area contributed by atoms with Crippen LogP contribution in [0.25, 0.3) is 0 Å². The Kier molecular flexibility index (Phi) is 19.9. The number of nitrogens with zero attached hydrogens (tertiary/aromatic N) is 3. The number of aliphatic hydroxyl groups excluding tert-OH is 2. The molecular formula is C59H81N3O10. The van der Waals surface area contributed by atoms with Gasteiger partial charge in [0, 0.05) is 56.2 Å². The van der Waals surface area contributed by atoms with Gasteiger partial charge < -0.3 is 48.4 Å². The molecule has 5 aliphatic rings. The molecule has 3 aliphatic heterocycles. The summed E-state index contributed by atoms with van der Waals surface area (Å²) >= 11 is 0. The van der Waals surface area contributed by atoms with Crippen LogP contribution in [0.1, 0.15) is 164 Å². The minimum atomic E-state index is -1.40. The van der Waals surface area contributed by atoms with Crippen LogP contribution >= 0.6 is 0 Å². The lowest BCUT2D eigenvalue weighted by molar-refractivity contribution is -0.258. The van der Waals surface area contributed by atoms with Crippen LogP contribution in [-0.4, -0.2) is 83.1 Å². The molecule has 4 heterocycles. The van der Waals surface area contributed by atoms with Crippen LogP contribution in [0.5, 0.6) is 23.0 Å². The number of aryl methyl sites for hydroxylation is 1. The highest BCUT2D eigenvalue weighted by molar-refractivity contribution is 6.03. The van der Waals surface area contributed by atoms with E-state index in [-0.39, 0.29) is 56.8 Å². The number of oxime groups is 1. The van der Waals surface area contributed by atoms with Gasteiger partial charge >= 0.3 is 0 Å². The number of hydrogen-bond donors (Lipinski definition) is 2. The molecule has 0 spiro atoms. The van der Waals surface area contributed by atoms with Crippen molar-refractivity contribution in [2.45, 2.75) is 179 Å². The number of hydrogen-bond acceptors (Lipinski definition) is 12. The number of carbonyl (C=O) groups is 1. The smallest absolute Gasteiger partial charge is 0.239 e. The SMILES string of the molecule is C=CCO[C@@]12Oc3ccc(OCc4cccc(C)n4)cc3[C@H]3[C@H](CCCCO)[C@@H](CCCCO)C=C(C(=NOC4CCCCO4)C[C@@H]1N(Cc1ccc4c(c1)OCO4)C(=O)CCCCCCCCCCC)[C@H]32.